The van der Waals surface area contributed by atoms with Gasteiger partial charge in [0.2, 0.25) is 23.4 Å². The van der Waals surface area contributed by atoms with E-state index in [1.807, 2.05) is 18.2 Å². The zero-order valence-electron chi connectivity index (χ0n) is 26.4. The standard InChI is InChI=1S/C31H42N10O5/c1-44-25-14-10-13-22(28(25)45-2)20-35-31-37-29(36-30(38-31)34-19-21-11-6-5-7-12-21)33-18-9-4-3-8-17-32-23-15-16-24(41(42)43)27-26(23)39-46-40-27/h10,13-16,21,32H,3-9,11-12,17-20H2,1-2H3,(H3,33,34,35,36,37,38). The third kappa shape index (κ3) is 8.61. The van der Waals surface area contributed by atoms with Crippen LogP contribution in [0.3, 0.4) is 0 Å². The van der Waals surface area contributed by atoms with E-state index in [9.17, 15) is 10.1 Å². The molecule has 4 N–H and O–H groups in total. The zero-order chi connectivity index (χ0) is 32.1. The van der Waals surface area contributed by atoms with E-state index >= 15 is 0 Å². The molecule has 46 heavy (non-hydrogen) atoms. The molecule has 0 unspecified atom stereocenters. The number of methoxy groups -OCH3 is 2. The predicted octanol–water partition coefficient (Wildman–Crippen LogP) is 6.02. The van der Waals surface area contributed by atoms with Gasteiger partial charge in [0.1, 0.15) is 0 Å². The van der Waals surface area contributed by atoms with E-state index in [2.05, 4.69) is 46.5 Å². The number of fused-ring (bicyclic) bond motifs is 1. The molecule has 0 aliphatic heterocycles. The minimum Gasteiger partial charge on any atom is -0.493 e. The van der Waals surface area contributed by atoms with Crippen molar-refractivity contribution in [2.75, 3.05) is 55.1 Å². The molecular weight excluding hydrogens is 592 g/mol. The maximum absolute atomic E-state index is 11.2. The summed E-state index contributed by atoms with van der Waals surface area (Å²) in [4.78, 5) is 24.6. The summed E-state index contributed by atoms with van der Waals surface area (Å²) in [7, 11) is 3.25. The normalized spacial score (nSPS) is 13.3. The lowest BCUT2D eigenvalue weighted by atomic mass is 9.89. The number of nitro benzene ring substituents is 1. The Labute approximate surface area is 267 Å². The van der Waals surface area contributed by atoms with Crippen LogP contribution in [0.5, 0.6) is 11.5 Å². The number of unbranched alkanes of at least 4 members (excludes halogenated alkanes) is 3. The fourth-order valence-electron chi connectivity index (χ4n) is 5.68. The van der Waals surface area contributed by atoms with Crippen molar-refractivity contribution in [3.63, 3.8) is 0 Å². The minimum absolute atomic E-state index is 0.125. The second-order valence-electron chi connectivity index (χ2n) is 11.3. The highest BCUT2D eigenvalue weighted by Gasteiger charge is 2.19. The molecule has 4 aromatic rings. The average Bonchev–Trinajstić information content (AvgIpc) is 3.58. The molecule has 0 amide bonds. The van der Waals surface area contributed by atoms with Gasteiger partial charge in [-0.05, 0) is 54.0 Å². The van der Waals surface area contributed by atoms with E-state index in [-0.39, 0.29) is 11.2 Å². The Bertz CT molecular complexity index is 1580. The molecule has 0 radical (unpaired) electrons. The number of para-hydroxylation sites is 1. The first-order valence-corrected chi connectivity index (χ1v) is 15.9. The number of hydrogen-bond acceptors (Lipinski definition) is 14. The van der Waals surface area contributed by atoms with E-state index in [1.54, 1.807) is 20.3 Å². The van der Waals surface area contributed by atoms with Gasteiger partial charge in [0.25, 0.3) is 0 Å². The highest BCUT2D eigenvalue weighted by molar-refractivity contribution is 5.93. The second-order valence-corrected chi connectivity index (χ2v) is 11.3. The Morgan fingerprint density at radius 1 is 0.826 bits per heavy atom. The fraction of sp³-hybridized carbons (Fsp3) is 0.516. The summed E-state index contributed by atoms with van der Waals surface area (Å²) in [6, 6.07) is 8.82. The molecule has 0 spiro atoms. The Morgan fingerprint density at radius 3 is 2.24 bits per heavy atom. The van der Waals surface area contributed by atoms with Gasteiger partial charge in [0.15, 0.2) is 17.0 Å². The van der Waals surface area contributed by atoms with Gasteiger partial charge in [0.05, 0.1) is 24.8 Å². The van der Waals surface area contributed by atoms with Crippen molar-refractivity contribution >= 4 is 40.3 Å². The lowest BCUT2D eigenvalue weighted by Gasteiger charge is -2.22. The molecule has 1 saturated carbocycles. The molecule has 0 bridgehead atoms. The third-order valence-corrected chi connectivity index (χ3v) is 8.12. The number of ether oxygens (including phenoxy) is 2. The lowest BCUT2D eigenvalue weighted by Crippen LogP contribution is -2.19. The maximum atomic E-state index is 11.2. The van der Waals surface area contributed by atoms with Crippen molar-refractivity contribution in [1.82, 2.24) is 25.3 Å². The molecular formula is C31H42N10O5. The van der Waals surface area contributed by atoms with Gasteiger partial charge in [-0.15, -0.1) is 0 Å². The summed E-state index contributed by atoms with van der Waals surface area (Å²) in [6.45, 7) is 2.72. The number of non-ortho nitro benzene ring substituents is 1. The van der Waals surface area contributed by atoms with E-state index in [4.69, 9.17) is 14.1 Å². The van der Waals surface area contributed by atoms with Gasteiger partial charge in [-0.1, -0.05) is 44.2 Å². The molecule has 246 valence electrons. The molecule has 0 saturated heterocycles. The summed E-state index contributed by atoms with van der Waals surface area (Å²) in [5.74, 6) is 3.52. The summed E-state index contributed by atoms with van der Waals surface area (Å²) >= 11 is 0. The van der Waals surface area contributed by atoms with Crippen LogP contribution in [-0.2, 0) is 6.54 Å². The van der Waals surface area contributed by atoms with E-state index in [0.717, 1.165) is 44.3 Å². The van der Waals surface area contributed by atoms with Gasteiger partial charge in [-0.3, -0.25) is 10.1 Å². The number of hydrogen-bond donors (Lipinski definition) is 4. The van der Waals surface area contributed by atoms with Gasteiger partial charge >= 0.3 is 5.69 Å². The van der Waals surface area contributed by atoms with Gasteiger partial charge in [0, 0.05) is 37.8 Å². The van der Waals surface area contributed by atoms with Crippen LogP contribution >= 0.6 is 0 Å². The molecule has 2 aromatic heterocycles. The largest absolute Gasteiger partial charge is 0.493 e. The summed E-state index contributed by atoms with van der Waals surface area (Å²) in [6.07, 6.45) is 10.2. The molecule has 2 aromatic carbocycles. The quantitative estimate of drug-likeness (QED) is 0.0565. The van der Waals surface area contributed by atoms with E-state index in [1.165, 1.54) is 38.2 Å². The van der Waals surface area contributed by atoms with Crippen LogP contribution in [-0.4, -0.2) is 64.0 Å². The average molecular weight is 635 g/mol. The van der Waals surface area contributed by atoms with Crippen LogP contribution < -0.4 is 30.7 Å². The number of aromatic nitrogens is 5. The fourth-order valence-corrected chi connectivity index (χ4v) is 5.68. The molecule has 2 heterocycles. The van der Waals surface area contributed by atoms with Crippen molar-refractivity contribution in [3.05, 3.63) is 46.0 Å². The summed E-state index contributed by atoms with van der Waals surface area (Å²) in [5.41, 5.74) is 1.98. The van der Waals surface area contributed by atoms with Crippen molar-refractivity contribution in [2.45, 2.75) is 64.3 Å². The van der Waals surface area contributed by atoms with Gasteiger partial charge < -0.3 is 30.7 Å². The Hall–Kier alpha value is -4.95. The number of nitrogens with one attached hydrogen (secondary N) is 4. The van der Waals surface area contributed by atoms with Crippen LogP contribution in [0.4, 0.5) is 29.2 Å². The minimum atomic E-state index is -0.493. The molecule has 0 atom stereocenters. The molecule has 1 aliphatic rings. The van der Waals surface area contributed by atoms with E-state index in [0.29, 0.717) is 59.6 Å². The zero-order valence-corrected chi connectivity index (χ0v) is 26.4. The molecule has 5 rings (SSSR count). The predicted molar refractivity (Wildman–Crippen MR) is 176 cm³/mol. The van der Waals surface area contributed by atoms with Crippen molar-refractivity contribution in [1.29, 1.82) is 0 Å². The maximum Gasteiger partial charge on any atom is 0.300 e. The van der Waals surface area contributed by atoms with Crippen molar-refractivity contribution in [3.8, 4) is 11.5 Å². The van der Waals surface area contributed by atoms with Gasteiger partial charge in [-0.25, -0.2) is 4.63 Å². The Balaban J connectivity index is 1.11. The number of benzene rings is 2. The summed E-state index contributed by atoms with van der Waals surface area (Å²) in [5, 5.41) is 32.1. The summed E-state index contributed by atoms with van der Waals surface area (Å²) < 4.78 is 15.7. The highest BCUT2D eigenvalue weighted by Crippen LogP contribution is 2.31. The van der Waals surface area contributed by atoms with Crippen LogP contribution in [0.1, 0.15) is 63.4 Å². The lowest BCUT2D eigenvalue weighted by molar-refractivity contribution is -0.383. The number of anilines is 4. The Kier molecular flexibility index (Phi) is 11.6. The van der Waals surface area contributed by atoms with Crippen LogP contribution in [0, 0.1) is 16.0 Å². The smallest absolute Gasteiger partial charge is 0.300 e. The SMILES string of the molecule is COc1cccc(CNc2nc(NCCCCCCNc3ccc([N+](=O)[O-])c4nonc34)nc(NCC3CCCCC3)n2)c1OC. The molecule has 1 fully saturated rings. The van der Waals surface area contributed by atoms with Gasteiger partial charge in [-0.2, -0.15) is 15.0 Å². The van der Waals surface area contributed by atoms with Crippen LogP contribution in [0.2, 0.25) is 0 Å². The number of nitro groups is 1. The first kappa shape index (κ1) is 32.4. The molecule has 15 heteroatoms. The van der Waals surface area contributed by atoms with E-state index < -0.39 is 4.92 Å². The van der Waals surface area contributed by atoms with Crippen molar-refractivity contribution in [2.24, 2.45) is 5.92 Å². The third-order valence-electron chi connectivity index (χ3n) is 8.12. The molecule has 15 nitrogen and oxygen atoms in total. The molecule has 1 aliphatic carbocycles. The van der Waals surface area contributed by atoms with Crippen LogP contribution in [0.15, 0.2) is 35.0 Å². The topological polar surface area (TPSA) is 187 Å². The first-order valence-electron chi connectivity index (χ1n) is 15.9. The second kappa shape index (κ2) is 16.4. The monoisotopic (exact) mass is 634 g/mol. The number of nitrogens with zero attached hydrogens (tertiary/aromatic N) is 6. The van der Waals surface area contributed by atoms with Crippen molar-refractivity contribution < 1.29 is 19.0 Å². The highest BCUT2D eigenvalue weighted by atomic mass is 16.6. The van der Waals surface area contributed by atoms with Crippen LogP contribution in [0.25, 0.3) is 11.0 Å². The number of rotatable bonds is 18. The Morgan fingerprint density at radius 2 is 1.52 bits per heavy atom. The first-order chi connectivity index (χ1) is 22.6.